The third-order valence-corrected chi connectivity index (χ3v) is 3.97. The van der Waals surface area contributed by atoms with E-state index >= 15 is 0 Å². The van der Waals surface area contributed by atoms with Crippen LogP contribution < -0.4 is 20.1 Å². The Bertz CT molecular complexity index is 961. The zero-order chi connectivity index (χ0) is 21.4. The lowest BCUT2D eigenvalue weighted by Gasteiger charge is -2.13. The van der Waals surface area contributed by atoms with Crippen molar-refractivity contribution in [1.82, 2.24) is 0 Å². The van der Waals surface area contributed by atoms with Crippen LogP contribution in [0.15, 0.2) is 78.9 Å². The quantitative estimate of drug-likeness (QED) is 0.508. The maximum absolute atomic E-state index is 12.3. The molecule has 2 amide bonds. The maximum atomic E-state index is 12.3. The number of hydrogen-bond donors (Lipinski definition) is 2. The first-order chi connectivity index (χ1) is 14.4. The molecule has 5 nitrogen and oxygen atoms in total. The number of alkyl halides is 3. The van der Waals surface area contributed by atoms with Crippen LogP contribution >= 0.6 is 0 Å². The van der Waals surface area contributed by atoms with Gasteiger partial charge in [-0.2, -0.15) is 0 Å². The third kappa shape index (κ3) is 6.73. The van der Waals surface area contributed by atoms with Crippen LogP contribution in [0.5, 0.6) is 11.5 Å². The van der Waals surface area contributed by atoms with E-state index < -0.39 is 12.4 Å². The molecule has 0 spiro atoms. The molecule has 0 unspecified atom stereocenters. The Morgan fingerprint density at radius 3 is 2.20 bits per heavy atom. The minimum atomic E-state index is -4.77. The largest absolute Gasteiger partial charge is 0.573 e. The van der Waals surface area contributed by atoms with E-state index in [4.69, 9.17) is 4.74 Å². The topological polar surface area (TPSA) is 59.6 Å². The number of rotatable bonds is 7. The first-order valence-electron chi connectivity index (χ1n) is 9.09. The molecule has 0 bridgehead atoms. The first-order valence-corrected chi connectivity index (χ1v) is 9.09. The van der Waals surface area contributed by atoms with E-state index in [0.29, 0.717) is 30.2 Å². The van der Waals surface area contributed by atoms with Gasteiger partial charge in [0.1, 0.15) is 11.5 Å². The molecule has 0 aliphatic rings. The number of amides is 2. The van der Waals surface area contributed by atoms with Gasteiger partial charge >= 0.3 is 12.4 Å². The highest BCUT2D eigenvalue weighted by Gasteiger charge is 2.30. The number of urea groups is 1. The van der Waals surface area contributed by atoms with E-state index in [1.165, 1.54) is 12.1 Å². The molecule has 0 saturated carbocycles. The number of hydrogen-bond acceptors (Lipinski definition) is 3. The molecule has 0 atom stereocenters. The van der Waals surface area contributed by atoms with E-state index in [1.807, 2.05) is 30.3 Å². The van der Waals surface area contributed by atoms with Crippen molar-refractivity contribution in [3.63, 3.8) is 0 Å². The number of carbonyl (C=O) groups is 1. The van der Waals surface area contributed by atoms with E-state index in [0.717, 1.165) is 17.7 Å². The van der Waals surface area contributed by atoms with Gasteiger partial charge in [0.05, 0.1) is 12.3 Å². The molecule has 3 aromatic rings. The van der Waals surface area contributed by atoms with Crippen LogP contribution in [0.3, 0.4) is 0 Å². The summed E-state index contributed by atoms with van der Waals surface area (Å²) in [7, 11) is 0. The number of halogens is 3. The van der Waals surface area contributed by atoms with Gasteiger partial charge in [-0.1, -0.05) is 42.5 Å². The van der Waals surface area contributed by atoms with Gasteiger partial charge in [0, 0.05) is 12.1 Å². The van der Waals surface area contributed by atoms with E-state index in [-0.39, 0.29) is 5.75 Å². The molecule has 30 heavy (non-hydrogen) atoms. The minimum Gasteiger partial charge on any atom is -0.491 e. The number of para-hydroxylation sites is 2. The summed E-state index contributed by atoms with van der Waals surface area (Å²) in [6, 6.07) is 21.1. The van der Waals surface area contributed by atoms with Gasteiger partial charge < -0.3 is 20.1 Å². The van der Waals surface area contributed by atoms with Crippen LogP contribution in [0, 0.1) is 0 Å². The van der Waals surface area contributed by atoms with Crippen molar-refractivity contribution in [2.75, 3.05) is 17.2 Å². The summed E-state index contributed by atoms with van der Waals surface area (Å²) in [6.45, 7) is 0.436. The van der Waals surface area contributed by atoms with Gasteiger partial charge in [-0.25, -0.2) is 4.79 Å². The molecule has 0 fully saturated rings. The number of carbonyl (C=O) groups excluding carboxylic acids is 1. The van der Waals surface area contributed by atoms with Crippen LogP contribution in [-0.4, -0.2) is 19.0 Å². The molecule has 3 aromatic carbocycles. The lowest BCUT2D eigenvalue weighted by atomic mass is 10.2. The van der Waals surface area contributed by atoms with Crippen LogP contribution in [0.1, 0.15) is 5.56 Å². The third-order valence-electron chi connectivity index (χ3n) is 3.97. The summed E-state index contributed by atoms with van der Waals surface area (Å²) in [5.74, 6) is 0.142. The normalized spacial score (nSPS) is 10.9. The van der Waals surface area contributed by atoms with Crippen molar-refractivity contribution in [2.45, 2.75) is 12.8 Å². The van der Waals surface area contributed by atoms with Gasteiger partial charge in [-0.05, 0) is 42.0 Å². The zero-order valence-corrected chi connectivity index (χ0v) is 15.8. The number of nitrogens with one attached hydrogen (secondary N) is 2. The summed E-state index contributed by atoms with van der Waals surface area (Å²) >= 11 is 0. The summed E-state index contributed by atoms with van der Waals surface area (Å²) in [5, 5.41) is 5.22. The molecule has 156 valence electrons. The molecule has 0 aliphatic carbocycles. The Morgan fingerprint density at radius 1 is 0.833 bits per heavy atom. The lowest BCUT2D eigenvalue weighted by molar-refractivity contribution is -0.274. The van der Waals surface area contributed by atoms with Gasteiger partial charge in [0.2, 0.25) is 0 Å². The predicted molar refractivity (Wildman–Crippen MR) is 108 cm³/mol. The Hall–Kier alpha value is -3.68. The monoisotopic (exact) mass is 416 g/mol. The van der Waals surface area contributed by atoms with Crippen molar-refractivity contribution in [2.24, 2.45) is 0 Å². The van der Waals surface area contributed by atoms with Crippen LogP contribution in [0.2, 0.25) is 0 Å². The molecule has 0 saturated heterocycles. The number of anilines is 2. The van der Waals surface area contributed by atoms with E-state index in [2.05, 4.69) is 15.4 Å². The zero-order valence-electron chi connectivity index (χ0n) is 15.8. The van der Waals surface area contributed by atoms with Crippen LogP contribution in [0.25, 0.3) is 0 Å². The highest BCUT2D eigenvalue weighted by Crippen LogP contribution is 2.26. The molecule has 0 radical (unpaired) electrons. The van der Waals surface area contributed by atoms with Crippen LogP contribution in [-0.2, 0) is 6.42 Å². The summed E-state index contributed by atoms with van der Waals surface area (Å²) in [5.41, 5.74) is 1.92. The van der Waals surface area contributed by atoms with Crippen molar-refractivity contribution in [3.8, 4) is 11.5 Å². The summed E-state index contributed by atoms with van der Waals surface area (Å²) < 4.78 is 46.2. The van der Waals surface area contributed by atoms with Gasteiger partial charge in [-0.15, -0.1) is 13.2 Å². The van der Waals surface area contributed by atoms with E-state index in [9.17, 15) is 18.0 Å². The van der Waals surface area contributed by atoms with Gasteiger partial charge in [-0.3, -0.25) is 0 Å². The second-order valence-corrected chi connectivity index (χ2v) is 6.23. The Kier molecular flexibility index (Phi) is 6.79. The number of benzene rings is 3. The molecule has 0 heterocycles. The molecule has 0 aromatic heterocycles. The second kappa shape index (κ2) is 9.69. The lowest BCUT2D eigenvalue weighted by Crippen LogP contribution is -2.20. The summed E-state index contributed by atoms with van der Waals surface area (Å²) in [6.07, 6.45) is -4.05. The van der Waals surface area contributed by atoms with Crippen molar-refractivity contribution in [1.29, 1.82) is 0 Å². The van der Waals surface area contributed by atoms with Gasteiger partial charge in [0.15, 0.2) is 0 Å². The Morgan fingerprint density at radius 2 is 1.50 bits per heavy atom. The standard InChI is InChI=1S/C22H19F3N2O3/c23-22(24,25)30-18-12-10-17(11-13-18)26-21(28)27-19-8-4-5-9-20(19)29-15-14-16-6-2-1-3-7-16/h1-13H,14-15H2,(H2,26,27,28). The SMILES string of the molecule is O=C(Nc1ccc(OC(F)(F)F)cc1)Nc1ccccc1OCCc1ccccc1. The maximum Gasteiger partial charge on any atom is 0.573 e. The molecule has 2 N–H and O–H groups in total. The van der Waals surface area contributed by atoms with Crippen molar-refractivity contribution < 1.29 is 27.4 Å². The molecule has 8 heteroatoms. The highest BCUT2D eigenvalue weighted by molar-refractivity contribution is 6.00. The molecule has 0 aliphatic heterocycles. The first kappa shape index (κ1) is 21.0. The van der Waals surface area contributed by atoms with Crippen molar-refractivity contribution in [3.05, 3.63) is 84.4 Å². The number of ether oxygens (including phenoxy) is 2. The smallest absolute Gasteiger partial charge is 0.491 e. The molecular formula is C22H19F3N2O3. The fourth-order valence-corrected chi connectivity index (χ4v) is 2.64. The van der Waals surface area contributed by atoms with E-state index in [1.54, 1.807) is 24.3 Å². The average molecular weight is 416 g/mol. The highest BCUT2D eigenvalue weighted by atomic mass is 19.4. The molecule has 3 rings (SSSR count). The second-order valence-electron chi connectivity index (χ2n) is 6.23. The Balaban J connectivity index is 1.55. The fraction of sp³-hybridized carbons (Fsp3) is 0.136. The average Bonchev–Trinajstić information content (AvgIpc) is 2.70. The predicted octanol–water partition coefficient (Wildman–Crippen LogP) is 5.85. The van der Waals surface area contributed by atoms with Crippen LogP contribution in [0.4, 0.5) is 29.3 Å². The fourth-order valence-electron chi connectivity index (χ4n) is 2.64. The Labute approximate surface area is 171 Å². The molecular weight excluding hydrogens is 397 g/mol. The van der Waals surface area contributed by atoms with Gasteiger partial charge in [0.25, 0.3) is 0 Å². The minimum absolute atomic E-state index is 0.310. The van der Waals surface area contributed by atoms with Crippen molar-refractivity contribution >= 4 is 17.4 Å². The summed E-state index contributed by atoms with van der Waals surface area (Å²) in [4.78, 5) is 12.3.